The van der Waals surface area contributed by atoms with Crippen molar-refractivity contribution in [3.05, 3.63) is 24.0 Å². The molecule has 0 spiro atoms. The fourth-order valence-electron chi connectivity index (χ4n) is 7.75. The van der Waals surface area contributed by atoms with Gasteiger partial charge in [0.15, 0.2) is 0 Å². The summed E-state index contributed by atoms with van der Waals surface area (Å²) in [5, 5.41) is 10.1. The Bertz CT molecular complexity index is 783. The maximum atomic E-state index is 13.3. The van der Waals surface area contributed by atoms with Gasteiger partial charge in [0, 0.05) is 5.57 Å². The molecule has 0 saturated heterocycles. The van der Waals surface area contributed by atoms with E-state index in [4.69, 9.17) is 0 Å². The van der Waals surface area contributed by atoms with E-state index in [1.54, 1.807) is 0 Å². The molecule has 0 aromatic carbocycles. The minimum Gasteiger partial charge on any atom is -0.515 e. The van der Waals surface area contributed by atoms with Gasteiger partial charge in [-0.2, -0.15) is 0 Å². The van der Waals surface area contributed by atoms with Crippen LogP contribution in [-0.4, -0.2) is 19.0 Å². The van der Waals surface area contributed by atoms with Crippen LogP contribution in [0.3, 0.4) is 0 Å². The summed E-state index contributed by atoms with van der Waals surface area (Å²) >= 11 is 0. The highest BCUT2D eigenvalue weighted by Crippen LogP contribution is 2.61. The molecule has 0 aromatic heterocycles. The van der Waals surface area contributed by atoms with Crippen LogP contribution in [0.5, 0.6) is 0 Å². The third kappa shape index (κ3) is 4.81. The Hall–Kier alpha value is -1.27. The molecule has 3 heteroatoms. The van der Waals surface area contributed by atoms with Crippen molar-refractivity contribution in [1.29, 1.82) is 0 Å². The van der Waals surface area contributed by atoms with Crippen molar-refractivity contribution in [3.8, 4) is 11.5 Å². The minimum atomic E-state index is -1.99. The molecule has 0 aliphatic heterocycles. The smallest absolute Gasteiger partial charge is 0.234 e. The van der Waals surface area contributed by atoms with Gasteiger partial charge in [-0.05, 0) is 77.3 Å². The molecule has 0 aromatic rings. The summed E-state index contributed by atoms with van der Waals surface area (Å²) in [4.78, 5) is 13.3. The number of Topliss-reactive ketones (excluding diaryl/α,β-unsaturated/α-hetero) is 1. The number of carbonyl (C=O) groups is 1. The zero-order chi connectivity index (χ0) is 24.5. The molecule has 0 unspecified atom stereocenters. The second-order valence-corrected chi connectivity index (χ2v) is 18.1. The molecule has 2 rings (SSSR count). The molecule has 32 heavy (non-hydrogen) atoms. The summed E-state index contributed by atoms with van der Waals surface area (Å²) in [5.41, 5.74) is 7.13. The zero-order valence-corrected chi connectivity index (χ0v) is 23.3. The second kappa shape index (κ2) is 9.92. The number of carbonyl (C=O) groups excluding carboxylic acids is 1. The number of ketones is 1. The first-order chi connectivity index (χ1) is 14.7. The van der Waals surface area contributed by atoms with Crippen LogP contribution in [0.15, 0.2) is 24.0 Å². The lowest BCUT2D eigenvalue weighted by molar-refractivity contribution is -0.111. The average molecular weight is 457 g/mol. The third-order valence-corrected chi connectivity index (χ3v) is 15.7. The molecule has 2 nitrogen and oxygen atoms in total. The van der Waals surface area contributed by atoms with Gasteiger partial charge in [0.2, 0.25) is 5.78 Å². The molecule has 3 atom stereocenters. The molecule has 1 N–H and O–H groups in total. The summed E-state index contributed by atoms with van der Waals surface area (Å²) in [6.45, 7) is 25.2. The van der Waals surface area contributed by atoms with Gasteiger partial charge in [-0.15, -0.1) is 5.54 Å². The molecule has 0 amide bonds. The maximum absolute atomic E-state index is 13.3. The quantitative estimate of drug-likeness (QED) is 0.143. The number of fused-ring (bicyclic) bond motifs is 1. The predicted octanol–water partition coefficient (Wildman–Crippen LogP) is 8.41. The summed E-state index contributed by atoms with van der Waals surface area (Å²) in [5.74, 6) is 3.70. The predicted molar refractivity (Wildman–Crippen MR) is 140 cm³/mol. The molecule has 0 radical (unpaired) electrons. The first-order valence-corrected chi connectivity index (χ1v) is 15.1. The molecule has 0 bridgehead atoms. The van der Waals surface area contributed by atoms with Crippen molar-refractivity contribution in [2.45, 2.75) is 117 Å². The van der Waals surface area contributed by atoms with E-state index >= 15 is 0 Å². The minimum absolute atomic E-state index is 0.130. The van der Waals surface area contributed by atoms with Crippen molar-refractivity contribution in [1.82, 2.24) is 0 Å². The van der Waals surface area contributed by atoms with Gasteiger partial charge in [0.05, 0.1) is 6.26 Å². The monoisotopic (exact) mass is 456 g/mol. The number of allylic oxidation sites excluding steroid dienone is 2. The van der Waals surface area contributed by atoms with E-state index in [2.05, 4.69) is 80.4 Å². The molecule has 180 valence electrons. The molecular weight excluding hydrogens is 408 g/mol. The number of hydrogen-bond donors (Lipinski definition) is 1. The first-order valence-electron chi connectivity index (χ1n) is 12.8. The molecular formula is C29H48O2Si. The van der Waals surface area contributed by atoms with Gasteiger partial charge in [0.1, 0.15) is 8.07 Å². The fourth-order valence-corrected chi connectivity index (χ4v) is 12.9. The zero-order valence-electron chi connectivity index (χ0n) is 22.3. The van der Waals surface area contributed by atoms with Crippen LogP contribution >= 0.6 is 0 Å². The van der Waals surface area contributed by atoms with Crippen LogP contribution in [0, 0.1) is 34.1 Å². The highest BCUT2D eigenvalue weighted by molar-refractivity contribution is 6.90. The third-order valence-electron chi connectivity index (χ3n) is 9.45. The maximum Gasteiger partial charge on any atom is 0.234 e. The van der Waals surface area contributed by atoms with E-state index in [1.807, 2.05) is 0 Å². The topological polar surface area (TPSA) is 37.3 Å². The number of rotatable bonds is 6. The van der Waals surface area contributed by atoms with E-state index in [-0.39, 0.29) is 17.1 Å². The van der Waals surface area contributed by atoms with Crippen LogP contribution in [0.1, 0.15) is 101 Å². The Morgan fingerprint density at radius 3 is 2.19 bits per heavy atom. The normalized spacial score (nSPS) is 28.5. The Morgan fingerprint density at radius 2 is 1.69 bits per heavy atom. The highest BCUT2D eigenvalue weighted by atomic mass is 28.3. The lowest BCUT2D eigenvalue weighted by Crippen LogP contribution is -2.49. The molecule has 2 fully saturated rings. The highest BCUT2D eigenvalue weighted by Gasteiger charge is 2.53. The van der Waals surface area contributed by atoms with Gasteiger partial charge in [0.25, 0.3) is 0 Å². The standard InChI is InChI=1S/C29H48O2Si/c1-20(2)32(21(3)4,22(5)6)17-14-26(31)24(19-30)18-25-23(7)12-13-27-28(8,9)15-11-16-29(25,27)10/h19-22,25,27,30H,7,11-13,15-16,18H2,1-6,8-10H3/b24-19-/t25-,27-,29+/m0/s1. The van der Waals surface area contributed by atoms with Crippen LogP contribution in [0.4, 0.5) is 0 Å². The van der Waals surface area contributed by atoms with Crippen molar-refractivity contribution < 1.29 is 9.90 Å². The van der Waals surface area contributed by atoms with Crippen LogP contribution < -0.4 is 0 Å². The fraction of sp³-hybridized carbons (Fsp3) is 0.759. The average Bonchev–Trinajstić information content (AvgIpc) is 2.66. The van der Waals surface area contributed by atoms with Gasteiger partial charge in [-0.3, -0.25) is 4.79 Å². The van der Waals surface area contributed by atoms with E-state index < -0.39 is 8.07 Å². The van der Waals surface area contributed by atoms with E-state index in [1.165, 1.54) is 31.3 Å². The lowest BCUT2D eigenvalue weighted by Gasteiger charge is -2.58. The molecule has 2 aliphatic carbocycles. The van der Waals surface area contributed by atoms with Gasteiger partial charge < -0.3 is 5.11 Å². The molecule has 2 saturated carbocycles. The molecule has 0 heterocycles. The Kier molecular flexibility index (Phi) is 8.36. The summed E-state index contributed by atoms with van der Waals surface area (Å²) in [6.07, 6.45) is 7.48. The lowest BCUT2D eigenvalue weighted by atomic mass is 9.47. The number of hydrogen-bond acceptors (Lipinski definition) is 2. The number of aliphatic hydroxyl groups excluding tert-OH is 1. The molecule has 2 aliphatic rings. The second-order valence-electron chi connectivity index (χ2n) is 12.5. The Morgan fingerprint density at radius 1 is 1.12 bits per heavy atom. The summed E-state index contributed by atoms with van der Waals surface area (Å²) < 4.78 is 0. The Balaban J connectivity index is 2.35. The van der Waals surface area contributed by atoms with Crippen molar-refractivity contribution >= 4 is 13.9 Å². The SMILES string of the molecule is C=C1CC[C@H]2C(C)(C)CCC[C@]2(C)[C@H]1C/C(=C/O)C(=O)C#C[Si](C(C)C)(C(C)C)C(C)C. The van der Waals surface area contributed by atoms with Crippen LogP contribution in [0.25, 0.3) is 0 Å². The summed E-state index contributed by atoms with van der Waals surface area (Å²) in [6, 6.07) is 0. The largest absolute Gasteiger partial charge is 0.515 e. The Labute approximate surface area is 199 Å². The van der Waals surface area contributed by atoms with Gasteiger partial charge >= 0.3 is 0 Å². The van der Waals surface area contributed by atoms with Crippen molar-refractivity contribution in [3.63, 3.8) is 0 Å². The summed E-state index contributed by atoms with van der Waals surface area (Å²) in [7, 11) is -1.99. The van der Waals surface area contributed by atoms with Crippen LogP contribution in [-0.2, 0) is 4.79 Å². The number of aliphatic hydroxyl groups is 1. The van der Waals surface area contributed by atoms with Crippen LogP contribution in [0.2, 0.25) is 16.6 Å². The van der Waals surface area contributed by atoms with Gasteiger partial charge in [-0.1, -0.05) is 80.9 Å². The van der Waals surface area contributed by atoms with Crippen molar-refractivity contribution in [2.24, 2.45) is 22.7 Å². The first kappa shape index (κ1) is 27.0. The van der Waals surface area contributed by atoms with E-state index in [9.17, 15) is 9.90 Å². The van der Waals surface area contributed by atoms with Crippen molar-refractivity contribution in [2.75, 3.05) is 0 Å². The van der Waals surface area contributed by atoms with E-state index in [0.29, 0.717) is 40.0 Å². The van der Waals surface area contributed by atoms with E-state index in [0.717, 1.165) is 12.7 Å². The van der Waals surface area contributed by atoms with Gasteiger partial charge in [-0.25, -0.2) is 0 Å².